The van der Waals surface area contributed by atoms with E-state index in [-0.39, 0.29) is 0 Å². The quantitative estimate of drug-likeness (QED) is 0.0362. The van der Waals surface area contributed by atoms with Crippen LogP contribution in [-0.4, -0.2) is 134 Å². The summed E-state index contributed by atoms with van der Waals surface area (Å²) in [6, 6.07) is 35.9. The third-order valence-electron chi connectivity index (χ3n) is 30.0. The predicted octanol–water partition coefficient (Wildman–Crippen LogP) is 44.6. The normalized spacial score (nSPS) is 21.6. The predicted molar refractivity (Wildman–Crippen MR) is 720 cm³/mol. The van der Waals surface area contributed by atoms with Crippen LogP contribution in [-0.2, 0) is 41.2 Å². The second-order valence-corrected chi connectivity index (χ2v) is 116. The molecule has 2 aromatic carbocycles. The Morgan fingerprint density at radius 3 is 0.585 bits per heavy atom. The van der Waals surface area contributed by atoms with E-state index in [0.717, 1.165) is 78.7 Å². The fraction of sp³-hybridized carbons (Fsp3) is 0.868. The summed E-state index contributed by atoms with van der Waals surface area (Å²) in [5.74, 6) is 0. The molecule has 0 N–H and O–H groups in total. The summed E-state index contributed by atoms with van der Waals surface area (Å²) in [6.07, 6.45) is 51.3. The van der Waals surface area contributed by atoms with Gasteiger partial charge < -0.3 is 41.2 Å². The molecular weight excluding hydrogens is 2060 g/mol. The zero-order valence-electron chi connectivity index (χ0n) is 110. The SMILES string of the molecule is C=C.C=C.CCCCC.CCCCCC.CCCCCCC.CCCCCCCC.CCCC[Si](C)(C)O[Si](C)(C)CCC.CCCC[Si](C)(C)O[Si](C)(C)CCCC.CCCC[Si](C)(C)c1ccc([Si](C)(C)C(C)CC)cc1.CCCC[Si]1(C)O[Si](C)(CC)O[Si](C)(CCCC)O[Si](C)(CCCC)O1.CCC[Si](C)(C)c1ccc([Si](C)(C)C(C)CC)cc1.CCC[Si]1(C)O[Si](C)(CC)O[Si](C)(CCC)O[Si](C)(CCC)O1. The average molecular weight is 2340 g/mol. The molecule has 2 aromatic rings. The van der Waals surface area contributed by atoms with E-state index in [9.17, 15) is 0 Å². The first-order chi connectivity index (χ1) is 68.5. The van der Waals surface area contributed by atoms with Gasteiger partial charge in [-0.05, 0) is 188 Å². The van der Waals surface area contributed by atoms with Crippen molar-refractivity contribution in [1.29, 1.82) is 0 Å². The lowest BCUT2D eigenvalue weighted by Crippen LogP contribution is -2.67. The second kappa shape index (κ2) is 90.6. The van der Waals surface area contributed by atoms with Crippen molar-refractivity contribution in [3.05, 3.63) is 74.8 Å². The van der Waals surface area contributed by atoms with Gasteiger partial charge in [0.15, 0.2) is 33.3 Å². The van der Waals surface area contributed by atoms with Crippen LogP contribution in [0.15, 0.2) is 74.8 Å². The van der Waals surface area contributed by atoms with Crippen LogP contribution in [0.5, 0.6) is 0 Å². The highest BCUT2D eigenvalue weighted by molar-refractivity contribution is 6.96. The van der Waals surface area contributed by atoms with E-state index in [4.69, 9.17) is 41.2 Å². The lowest BCUT2D eigenvalue weighted by Gasteiger charge is -2.50. The smallest absolute Gasteiger partial charge is 0.317 e. The topological polar surface area (TPSA) is 92.3 Å². The summed E-state index contributed by atoms with van der Waals surface area (Å²) in [4.78, 5) is 0. The first kappa shape index (κ1) is 163. The Hall–Kier alpha value is 0.990. The molecule has 0 radical (unpaired) electrons. The van der Waals surface area contributed by atoms with E-state index in [0.29, 0.717) is 0 Å². The second-order valence-electron chi connectivity index (χ2n) is 49.8. The van der Waals surface area contributed by atoms with Crippen molar-refractivity contribution in [2.24, 2.45) is 0 Å². The van der Waals surface area contributed by atoms with Gasteiger partial charge in [0, 0.05) is 0 Å². The van der Waals surface area contributed by atoms with Gasteiger partial charge in [-0.2, -0.15) is 0 Å². The number of hydrogen-bond donors (Lipinski definition) is 0. The monoisotopic (exact) mass is 2340 g/mol. The van der Waals surface area contributed by atoms with E-state index >= 15 is 0 Å². The molecule has 6 unspecified atom stereocenters. The van der Waals surface area contributed by atoms with Gasteiger partial charge in [0.1, 0.15) is 0 Å². The van der Waals surface area contributed by atoms with Crippen LogP contribution in [0.1, 0.15) is 430 Å². The number of benzene rings is 2. The molecule has 0 spiro atoms. The largest absolute Gasteiger partial charge is 0.455 e. The van der Waals surface area contributed by atoms with Crippen molar-refractivity contribution in [2.75, 3.05) is 0 Å². The highest BCUT2D eigenvalue weighted by Crippen LogP contribution is 2.42. The van der Waals surface area contributed by atoms with Crippen LogP contribution < -0.4 is 20.7 Å². The Kier molecular flexibility index (Phi) is 101. The number of unbranched alkanes of at least 4 members (excludes halogenated alkanes) is 21. The molecule has 2 saturated heterocycles. The molecule has 26 heteroatoms. The Bertz CT molecular complexity index is 3180. The minimum Gasteiger partial charge on any atom is -0.455 e. The van der Waals surface area contributed by atoms with Crippen molar-refractivity contribution in [1.82, 2.24) is 0 Å². The molecule has 2 heterocycles. The van der Waals surface area contributed by atoms with Crippen molar-refractivity contribution in [3.63, 3.8) is 0 Å². The minimum atomic E-state index is -2.29. The lowest BCUT2D eigenvalue weighted by molar-refractivity contribution is 0.219. The van der Waals surface area contributed by atoms with Crippen LogP contribution >= 0.6 is 0 Å². The average Bonchev–Trinajstić information content (AvgIpc) is 0.754. The third-order valence-corrected chi connectivity index (χ3v) is 100.0. The van der Waals surface area contributed by atoms with Gasteiger partial charge in [-0.1, -0.05) is 564 Å². The van der Waals surface area contributed by atoms with Gasteiger partial charge in [0.25, 0.3) is 0 Å². The van der Waals surface area contributed by atoms with Crippen molar-refractivity contribution >= 4 is 155 Å². The Morgan fingerprint density at radius 2 is 0.388 bits per heavy atom. The molecule has 882 valence electrons. The standard InChI is InChI=1S/C18H44O4Si4.C18H34Si2.C17H32Si2.C15H38O4Si4.C12H30OSi2.C11H28OSi2.C8H18.C7H16.C6H14.C5H12.2C2H4/c1-9-13-16-24(6)19-23(5,12-4)20-25(7,17-14-10-2)22-26(8,21-24)18-15-11-3;1-8-10-15-19(4,5)17-11-13-18(14-12-17)20(6,7)16(3)9-2;1-8-14-18(4,5)16-10-12-17(13-11-16)19(6,7)15(3)9-2;1-9-13-21(6)16-20(5,12-4)17-22(7,14-10-2)19-23(8,18-21)15-11-3;1-7-9-11-14(3,4)13-15(5,6)12-10-8-2;1-7-9-11-14(5,6)12-13(3,4)10-8-2;1-3-5-7-8-6-4-2;1-3-5-7-6-4-2;1-3-5-6-4-2;1-3-5-4-2;2*1-2/h9-18H2,1-8H3;11-14,16H,8-10,15H2,1-7H3;10-13,15H,8-9,14H2,1-7H3;9-15H2,1-8H3;7-12H2,1-6H3;7-11H2,1-6H3;3-8H2,1-2H3;3-7H2,1-2H3;3-6H2,1-2H3;3-5H2,1-2H3;2*1-2H2. The molecule has 0 aliphatic carbocycles. The minimum absolute atomic E-state index is 0.860. The third kappa shape index (κ3) is 80.4. The fourth-order valence-corrected chi connectivity index (χ4v) is 95.2. The van der Waals surface area contributed by atoms with Crippen molar-refractivity contribution < 1.29 is 41.2 Å². The van der Waals surface area contributed by atoms with E-state index < -0.39 is 134 Å². The van der Waals surface area contributed by atoms with Gasteiger partial charge >= 0.3 is 68.5 Å². The lowest BCUT2D eigenvalue weighted by atomic mass is 10.1. The number of hydrogen-bond acceptors (Lipinski definition) is 10. The molecule has 2 fully saturated rings. The zero-order chi connectivity index (χ0) is 116. The molecule has 0 bridgehead atoms. The van der Waals surface area contributed by atoms with E-state index in [2.05, 4.69) is 412 Å². The van der Waals surface area contributed by atoms with Crippen molar-refractivity contribution in [3.8, 4) is 0 Å². The fourth-order valence-electron chi connectivity index (χ4n) is 19.9. The Labute approximate surface area is 946 Å². The maximum Gasteiger partial charge on any atom is 0.317 e. The molecule has 0 aromatic heterocycles. The number of rotatable bonds is 59. The van der Waals surface area contributed by atoms with Gasteiger partial charge in [0.2, 0.25) is 0 Å². The summed E-state index contributed by atoms with van der Waals surface area (Å²) in [5, 5.41) is 6.54. The summed E-state index contributed by atoms with van der Waals surface area (Å²) < 4.78 is 67.8. The van der Waals surface area contributed by atoms with E-state index in [1.165, 1.54) is 267 Å². The molecule has 6 atom stereocenters. The van der Waals surface area contributed by atoms with Gasteiger partial charge in [-0.25, -0.2) is 0 Å². The molecule has 147 heavy (non-hydrogen) atoms. The Morgan fingerprint density at radius 1 is 0.204 bits per heavy atom. The molecule has 0 saturated carbocycles. The van der Waals surface area contributed by atoms with E-state index in [1.54, 1.807) is 20.7 Å². The molecule has 4 rings (SSSR count). The summed E-state index contributed by atoms with van der Waals surface area (Å²) in [5.41, 5.74) is 1.72. The molecule has 2 aliphatic heterocycles. The van der Waals surface area contributed by atoms with Crippen LogP contribution in [0.3, 0.4) is 0 Å². The summed E-state index contributed by atoms with van der Waals surface area (Å²) in [7, 11) is -28.3. The maximum absolute atomic E-state index is 6.97. The summed E-state index contributed by atoms with van der Waals surface area (Å²) in [6.45, 7) is 128. The molecular formula is C121H274O10Si16. The van der Waals surface area contributed by atoms with E-state index in [1.807, 2.05) is 0 Å². The first-order valence-corrected chi connectivity index (χ1v) is 108. The van der Waals surface area contributed by atoms with Crippen LogP contribution in [0.2, 0.25) is 253 Å². The van der Waals surface area contributed by atoms with Gasteiger partial charge in [0.05, 0.1) is 32.3 Å². The summed E-state index contributed by atoms with van der Waals surface area (Å²) >= 11 is 0. The highest BCUT2D eigenvalue weighted by Gasteiger charge is 2.58. The van der Waals surface area contributed by atoms with Gasteiger partial charge in [-0.15, -0.1) is 26.3 Å². The van der Waals surface area contributed by atoms with Crippen LogP contribution in [0.25, 0.3) is 0 Å². The van der Waals surface area contributed by atoms with Crippen LogP contribution in [0, 0.1) is 0 Å². The zero-order valence-corrected chi connectivity index (χ0v) is 126. The van der Waals surface area contributed by atoms with Crippen LogP contribution in [0.4, 0.5) is 0 Å². The highest BCUT2D eigenvalue weighted by atomic mass is 28.5. The van der Waals surface area contributed by atoms with Crippen molar-refractivity contribution in [2.45, 2.75) is 683 Å². The molecule has 10 nitrogen and oxygen atoms in total. The Balaban J connectivity index is -0.000000250. The maximum atomic E-state index is 6.97. The first-order valence-electron chi connectivity index (χ1n) is 62.7. The molecule has 2 aliphatic rings. The van der Waals surface area contributed by atoms with Gasteiger partial charge in [-0.3, -0.25) is 0 Å². The molecule has 0 amide bonds.